The average Bonchev–Trinajstić information content (AvgIpc) is 3.84. The summed E-state index contributed by atoms with van der Waals surface area (Å²) in [5, 5.41) is 4.94. The van der Waals surface area contributed by atoms with Gasteiger partial charge in [0.2, 0.25) is 0 Å². The molecule has 3 aliphatic carbocycles. The fraction of sp³-hybridized carbons (Fsp3) is 0.111. The van der Waals surface area contributed by atoms with E-state index < -0.39 is 0 Å². The summed E-state index contributed by atoms with van der Waals surface area (Å²) < 4.78 is 8.89. The Labute approximate surface area is 332 Å². The van der Waals surface area contributed by atoms with E-state index in [0.717, 1.165) is 36.7 Å². The second kappa shape index (κ2) is 14.0. The molecule has 2 aromatic heterocycles. The van der Waals surface area contributed by atoms with Crippen LogP contribution in [0.25, 0.3) is 55.7 Å². The highest BCUT2D eigenvalue weighted by atomic mass is 16.3. The molecule has 3 nitrogen and oxygen atoms in total. The van der Waals surface area contributed by atoms with Crippen LogP contribution in [0, 0.1) is 5.92 Å². The molecule has 2 heterocycles. The molecule has 274 valence electrons. The summed E-state index contributed by atoms with van der Waals surface area (Å²) in [7, 11) is 0. The van der Waals surface area contributed by atoms with Gasteiger partial charge >= 0.3 is 0 Å². The van der Waals surface area contributed by atoms with Gasteiger partial charge in [-0.3, -0.25) is 0 Å². The molecule has 8 aromatic rings. The lowest BCUT2D eigenvalue weighted by atomic mass is 9.85. The number of hydrogen-bond acceptors (Lipinski definition) is 2. The predicted octanol–water partition coefficient (Wildman–Crippen LogP) is 12.4. The van der Waals surface area contributed by atoms with Crippen molar-refractivity contribution in [2.75, 3.05) is 4.90 Å². The van der Waals surface area contributed by atoms with Crippen molar-refractivity contribution in [1.82, 2.24) is 4.57 Å². The molecule has 0 fully saturated rings. The maximum atomic E-state index is 6.49. The first kappa shape index (κ1) is 33.5. The molecule has 0 bridgehead atoms. The SMILES string of the molecule is C1=CC(C2=CCC(N(c3ccc(C4=c5oc6ccccc6c5=CCC4)cc3)c3ccc4c(c3)c3ccccc3n4-c3ccccc3)C=C2)CC=C1c1ccccc1. The van der Waals surface area contributed by atoms with Crippen LogP contribution in [0.15, 0.2) is 198 Å². The summed E-state index contributed by atoms with van der Waals surface area (Å²) >= 11 is 0. The third kappa shape index (κ3) is 5.90. The van der Waals surface area contributed by atoms with Crippen LogP contribution in [0.2, 0.25) is 0 Å². The Balaban J connectivity index is 0.980. The van der Waals surface area contributed by atoms with E-state index in [1.165, 1.54) is 77.3 Å². The number of fused-ring (bicyclic) bond motifs is 6. The Morgan fingerprint density at radius 1 is 0.561 bits per heavy atom. The van der Waals surface area contributed by atoms with E-state index in [1.807, 2.05) is 0 Å². The fourth-order valence-corrected chi connectivity index (χ4v) is 9.37. The molecule has 3 heteroatoms. The Morgan fingerprint density at radius 2 is 1.30 bits per heavy atom. The first-order valence-corrected chi connectivity index (χ1v) is 20.3. The second-order valence-corrected chi connectivity index (χ2v) is 15.5. The summed E-state index contributed by atoms with van der Waals surface area (Å²) in [6, 6.07) is 55.0. The Bertz CT molecular complexity index is 3060. The molecule has 3 aliphatic rings. The number of rotatable bonds is 7. The number of hydrogen-bond donors (Lipinski definition) is 0. The van der Waals surface area contributed by atoms with Crippen LogP contribution >= 0.6 is 0 Å². The van der Waals surface area contributed by atoms with Crippen molar-refractivity contribution in [3.8, 4) is 5.69 Å². The van der Waals surface area contributed by atoms with E-state index in [9.17, 15) is 0 Å². The van der Waals surface area contributed by atoms with Gasteiger partial charge in [-0.2, -0.15) is 0 Å². The molecule has 11 rings (SSSR count). The van der Waals surface area contributed by atoms with E-state index in [4.69, 9.17) is 4.42 Å². The van der Waals surface area contributed by atoms with Gasteiger partial charge in [-0.25, -0.2) is 0 Å². The molecule has 0 spiro atoms. The number of anilines is 2. The smallest absolute Gasteiger partial charge is 0.138 e. The van der Waals surface area contributed by atoms with E-state index in [-0.39, 0.29) is 6.04 Å². The number of nitrogens with zero attached hydrogens (tertiary/aromatic N) is 2. The summed E-state index contributed by atoms with van der Waals surface area (Å²) in [5.41, 5.74) is 14.4. The standard InChI is InChI=1S/C54H42N2O/c1-3-12-37(13-4-1)38-22-24-39(25-23-38)40-26-30-43(31-27-40)55(44-32-28-41(29-33-44)46-18-11-19-49-48-17-8-10-21-53(48)57-54(46)49)45-34-35-52-50(36-45)47-16-7-9-20-51(47)56(52)42-14-5-2-6-15-42/h1-10,12-17,19-24,26-30,32-36,39,43H,11,18,25,31H2. The van der Waals surface area contributed by atoms with Gasteiger partial charge in [0.15, 0.2) is 0 Å². The van der Waals surface area contributed by atoms with Crippen LogP contribution < -0.4 is 15.5 Å². The monoisotopic (exact) mass is 734 g/mol. The quantitative estimate of drug-likeness (QED) is 0.163. The predicted molar refractivity (Wildman–Crippen MR) is 238 cm³/mol. The van der Waals surface area contributed by atoms with Crippen molar-refractivity contribution < 1.29 is 4.42 Å². The zero-order valence-corrected chi connectivity index (χ0v) is 31.8. The molecular weight excluding hydrogens is 693 g/mol. The van der Waals surface area contributed by atoms with E-state index in [2.05, 4.69) is 204 Å². The number of allylic oxidation sites excluding steroid dienone is 6. The molecular formula is C54H42N2O. The Kier molecular flexibility index (Phi) is 8.24. The van der Waals surface area contributed by atoms with E-state index in [1.54, 1.807) is 0 Å². The molecule has 0 amide bonds. The van der Waals surface area contributed by atoms with Gasteiger partial charge in [-0.15, -0.1) is 0 Å². The fourth-order valence-electron chi connectivity index (χ4n) is 9.37. The second-order valence-electron chi connectivity index (χ2n) is 15.5. The van der Waals surface area contributed by atoms with Gasteiger partial charge in [-0.05, 0) is 103 Å². The van der Waals surface area contributed by atoms with Crippen LogP contribution in [-0.2, 0) is 0 Å². The van der Waals surface area contributed by atoms with Crippen LogP contribution in [0.3, 0.4) is 0 Å². The number of furan rings is 1. The molecule has 57 heavy (non-hydrogen) atoms. The van der Waals surface area contributed by atoms with Crippen molar-refractivity contribution in [1.29, 1.82) is 0 Å². The summed E-state index contributed by atoms with van der Waals surface area (Å²) in [6.45, 7) is 0. The Hall–Kier alpha value is -6.84. The minimum Gasteiger partial charge on any atom is -0.456 e. The molecule has 2 atom stereocenters. The average molecular weight is 735 g/mol. The van der Waals surface area contributed by atoms with Gasteiger partial charge in [0.05, 0.1) is 17.1 Å². The maximum Gasteiger partial charge on any atom is 0.138 e. The lowest BCUT2D eigenvalue weighted by molar-refractivity contribution is 0.568. The third-order valence-corrected chi connectivity index (χ3v) is 12.2. The van der Waals surface area contributed by atoms with Crippen LogP contribution in [0.4, 0.5) is 11.4 Å². The van der Waals surface area contributed by atoms with Crippen molar-refractivity contribution in [2.24, 2.45) is 5.92 Å². The molecule has 2 unspecified atom stereocenters. The normalized spacial score (nSPS) is 17.7. The number of aromatic nitrogens is 1. The van der Waals surface area contributed by atoms with Crippen molar-refractivity contribution in [2.45, 2.75) is 31.7 Å². The van der Waals surface area contributed by atoms with E-state index >= 15 is 0 Å². The molecule has 6 aromatic carbocycles. The zero-order valence-electron chi connectivity index (χ0n) is 31.8. The number of para-hydroxylation sites is 3. The lowest BCUT2D eigenvalue weighted by Crippen LogP contribution is -2.30. The molecule has 0 saturated carbocycles. The topological polar surface area (TPSA) is 21.3 Å². The first-order chi connectivity index (χ1) is 28.3. The highest BCUT2D eigenvalue weighted by Crippen LogP contribution is 2.40. The summed E-state index contributed by atoms with van der Waals surface area (Å²) in [4.78, 5) is 2.54. The largest absolute Gasteiger partial charge is 0.456 e. The van der Waals surface area contributed by atoms with Crippen molar-refractivity contribution in [3.05, 3.63) is 215 Å². The molecule has 0 aliphatic heterocycles. The minimum absolute atomic E-state index is 0.154. The van der Waals surface area contributed by atoms with E-state index in [0.29, 0.717) is 5.92 Å². The molecule has 0 radical (unpaired) electrons. The molecule has 0 saturated heterocycles. The van der Waals surface area contributed by atoms with Crippen LogP contribution in [0.1, 0.15) is 36.8 Å². The zero-order chi connectivity index (χ0) is 37.7. The van der Waals surface area contributed by atoms with Gasteiger partial charge in [-0.1, -0.05) is 140 Å². The van der Waals surface area contributed by atoms with Gasteiger partial charge in [0, 0.05) is 49.9 Å². The van der Waals surface area contributed by atoms with Crippen LogP contribution in [-0.4, -0.2) is 10.6 Å². The highest BCUT2D eigenvalue weighted by molar-refractivity contribution is 6.10. The number of benzene rings is 6. The summed E-state index contributed by atoms with van der Waals surface area (Å²) in [6.07, 6.45) is 20.6. The van der Waals surface area contributed by atoms with Gasteiger partial charge in [0.1, 0.15) is 11.0 Å². The highest BCUT2D eigenvalue weighted by Gasteiger charge is 2.25. The minimum atomic E-state index is 0.154. The van der Waals surface area contributed by atoms with Gasteiger partial charge < -0.3 is 13.9 Å². The van der Waals surface area contributed by atoms with Crippen molar-refractivity contribution >= 4 is 61.4 Å². The first-order valence-electron chi connectivity index (χ1n) is 20.3. The maximum absolute atomic E-state index is 6.49. The lowest BCUT2D eigenvalue weighted by Gasteiger charge is -2.34. The molecule has 0 N–H and O–H groups in total. The van der Waals surface area contributed by atoms with Crippen LogP contribution in [0.5, 0.6) is 0 Å². The van der Waals surface area contributed by atoms with Gasteiger partial charge in [0.25, 0.3) is 0 Å². The third-order valence-electron chi connectivity index (χ3n) is 12.2. The summed E-state index contributed by atoms with van der Waals surface area (Å²) in [5.74, 6) is 0.385. The Morgan fingerprint density at radius 3 is 2.09 bits per heavy atom. The van der Waals surface area contributed by atoms with Crippen molar-refractivity contribution in [3.63, 3.8) is 0 Å².